The van der Waals surface area contributed by atoms with Crippen LogP contribution in [0.1, 0.15) is 45.2 Å². The Bertz CT molecular complexity index is 2760. The molecule has 7 rings (SSSR count). The molecule has 4 aromatic rings. The van der Waals surface area contributed by atoms with E-state index >= 15 is 8.78 Å². The Morgan fingerprint density at radius 3 is 1.92 bits per heavy atom. The molecule has 0 aliphatic carbocycles. The number of alkyl carbamates (subject to hydrolysis) is 1. The molecule has 6 atom stereocenters. The minimum atomic E-state index is -5.28. The number of hydrogen-bond acceptors (Lipinski definition) is 13. The van der Waals surface area contributed by atoms with Gasteiger partial charge in [0, 0.05) is 73.5 Å². The normalized spacial score (nSPS) is 18.8. The number of aliphatic hydroxyl groups excluding tert-OH is 1. The Kier molecular flexibility index (Phi) is 17.5. The Morgan fingerprint density at radius 1 is 0.808 bits per heavy atom. The molecule has 426 valence electrons. The third kappa shape index (κ3) is 13.2. The van der Waals surface area contributed by atoms with E-state index in [1.807, 2.05) is 10.7 Å². The lowest BCUT2D eigenvalue weighted by atomic mass is 9.82. The molecule has 6 N–H and O–H groups in total. The zero-order valence-electron chi connectivity index (χ0n) is 42.5. The highest BCUT2D eigenvalue weighted by Crippen LogP contribution is 2.42. The average Bonchev–Trinajstić information content (AvgIpc) is 4.18. The zero-order chi connectivity index (χ0) is 57.2. The van der Waals surface area contributed by atoms with Gasteiger partial charge >= 0.3 is 24.5 Å². The van der Waals surface area contributed by atoms with Crippen LogP contribution in [0, 0.1) is 22.5 Å². The summed E-state index contributed by atoms with van der Waals surface area (Å²) in [6.07, 6.45) is -14.2. The average molecular weight is 1120 g/mol. The number of nitrogens with one attached hydrogen (secondary N) is 4. The van der Waals surface area contributed by atoms with E-state index in [2.05, 4.69) is 34.9 Å². The molecule has 78 heavy (non-hydrogen) atoms. The number of piperazine rings is 1. The number of nitrogens with zero attached hydrogens (tertiary/aromatic N) is 7. The fraction of sp³-hybridized carbons (Fsp3) is 0.531. The number of aliphatic hydroxyl groups is 1. The summed E-state index contributed by atoms with van der Waals surface area (Å²) < 4.78 is 156. The molecule has 5 heterocycles. The SMILES string of the molecule is COC(=O)N[C@H](C(=O)N[C@@H](Cc1ccc(-c2cnc(N3C[C@H]4C[C@@H]3CN4C3COC3)nc2)cc1)[C@@H](O)CN(Cc1c(F)cc(-c2ccn(CC(F)F)n2)cc1F)NC(=O)[C@@H](NC(=O)O)C(C)(C)C(F)(F)F)C(C)(C)C(F)(F)F. The van der Waals surface area contributed by atoms with E-state index < -0.39 is 121 Å². The molecule has 0 saturated carbocycles. The van der Waals surface area contributed by atoms with E-state index in [9.17, 15) is 64.5 Å². The lowest BCUT2D eigenvalue weighted by Gasteiger charge is -2.42. The molecule has 19 nitrogen and oxygen atoms in total. The number of rotatable bonds is 21. The highest BCUT2D eigenvalue weighted by Gasteiger charge is 2.57. The minimum Gasteiger partial charge on any atom is -0.465 e. The van der Waals surface area contributed by atoms with E-state index in [0.717, 1.165) is 37.5 Å². The molecule has 4 amide bonds. The molecular weight excluding hydrogens is 1060 g/mol. The summed E-state index contributed by atoms with van der Waals surface area (Å²) in [5, 5.41) is 31.5. The van der Waals surface area contributed by atoms with Crippen molar-refractivity contribution in [2.24, 2.45) is 10.8 Å². The number of amides is 4. The number of halogens is 10. The van der Waals surface area contributed by atoms with Gasteiger partial charge < -0.3 is 40.5 Å². The quantitative estimate of drug-likeness (QED) is 0.0437. The Labute approximate surface area is 439 Å². The zero-order valence-corrected chi connectivity index (χ0v) is 42.5. The second-order valence-corrected chi connectivity index (χ2v) is 20.4. The maximum absolute atomic E-state index is 16.1. The fourth-order valence-corrected chi connectivity index (χ4v) is 9.41. The number of fused-ring (bicyclic) bond motifs is 2. The van der Waals surface area contributed by atoms with E-state index in [1.165, 1.54) is 23.5 Å². The van der Waals surface area contributed by atoms with Crippen LogP contribution in [0.4, 0.5) is 59.4 Å². The summed E-state index contributed by atoms with van der Waals surface area (Å²) >= 11 is 0. The first-order chi connectivity index (χ1) is 36.5. The van der Waals surface area contributed by atoms with Gasteiger partial charge in [-0.25, -0.2) is 42.1 Å². The molecule has 2 bridgehead atoms. The highest BCUT2D eigenvalue weighted by atomic mass is 19.4. The van der Waals surface area contributed by atoms with Crippen molar-refractivity contribution in [3.8, 4) is 22.4 Å². The predicted molar refractivity (Wildman–Crippen MR) is 256 cm³/mol. The van der Waals surface area contributed by atoms with E-state index in [4.69, 9.17) is 4.74 Å². The van der Waals surface area contributed by atoms with Crippen LogP contribution in [0.5, 0.6) is 0 Å². The molecular formula is C49H57F10N11O8. The topological polar surface area (TPSA) is 229 Å². The second kappa shape index (κ2) is 23.2. The van der Waals surface area contributed by atoms with Crippen LogP contribution >= 0.6 is 0 Å². The van der Waals surface area contributed by atoms with Crippen molar-refractivity contribution in [2.75, 3.05) is 44.9 Å². The van der Waals surface area contributed by atoms with Gasteiger partial charge in [0.25, 0.3) is 12.3 Å². The number of carbonyl (C=O) groups is 4. The number of likely N-dealkylation sites (tertiary alicyclic amines) is 1. The summed E-state index contributed by atoms with van der Waals surface area (Å²) in [6.45, 7) is 1.99. The lowest BCUT2D eigenvalue weighted by molar-refractivity contribution is -0.221. The van der Waals surface area contributed by atoms with Gasteiger partial charge in [-0.3, -0.25) is 24.6 Å². The Hall–Kier alpha value is -6.85. The van der Waals surface area contributed by atoms with Crippen LogP contribution < -0.4 is 26.3 Å². The predicted octanol–water partition coefficient (Wildman–Crippen LogP) is 5.67. The van der Waals surface area contributed by atoms with Gasteiger partial charge in [0.2, 0.25) is 11.9 Å². The smallest absolute Gasteiger partial charge is 0.407 e. The third-order valence-corrected chi connectivity index (χ3v) is 14.4. The van der Waals surface area contributed by atoms with Crippen molar-refractivity contribution in [3.05, 3.63) is 83.8 Å². The van der Waals surface area contributed by atoms with Gasteiger partial charge in [0.15, 0.2) is 0 Å². The molecule has 3 aliphatic heterocycles. The molecule has 3 fully saturated rings. The molecule has 3 saturated heterocycles. The monoisotopic (exact) mass is 1120 g/mol. The maximum Gasteiger partial charge on any atom is 0.407 e. The summed E-state index contributed by atoms with van der Waals surface area (Å²) in [7, 11) is 0.816. The molecule has 2 aromatic carbocycles. The van der Waals surface area contributed by atoms with Crippen molar-refractivity contribution in [3.63, 3.8) is 0 Å². The number of alkyl halides is 8. The van der Waals surface area contributed by atoms with E-state index in [1.54, 1.807) is 24.5 Å². The number of ether oxygens (including phenoxy) is 2. The van der Waals surface area contributed by atoms with Crippen LogP contribution in [0.25, 0.3) is 22.4 Å². The van der Waals surface area contributed by atoms with Crippen LogP contribution in [0.3, 0.4) is 0 Å². The number of hydrazine groups is 1. The minimum absolute atomic E-state index is 0.166. The van der Waals surface area contributed by atoms with Crippen molar-refractivity contribution < 1.29 is 82.8 Å². The summed E-state index contributed by atoms with van der Waals surface area (Å²) in [6, 6.07) is 2.88. The standard InChI is InChI=1S/C49H57F10N11O8/c1-46(2,48(54,55)56)39(64-45(76)77-5)41(72)62-36(12-25-6-8-26(9-7-25)28-16-60-43(61-17-28)70-19-29-15-30(70)18-69(29)31-23-78-24-31)37(71)21-68(66-42(73)40(63-44(74)75)47(3,4)49(57,58)59)20-32-33(50)13-27(14-34(32)51)35-10-11-67(65-35)22-38(52)53/h6-11,13-14,16-17,29-31,36-40,63,71H,12,15,18-24H2,1-5H3,(H,62,72)(H,64,76)(H,66,73)(H,74,75)/t29-,30-,36+,37+,39-,40-/m1/s1. The first kappa shape index (κ1) is 58.8. The summed E-state index contributed by atoms with van der Waals surface area (Å²) in [5.41, 5.74) is -4.19. The second-order valence-electron chi connectivity index (χ2n) is 20.4. The molecule has 2 aromatic heterocycles. The van der Waals surface area contributed by atoms with Crippen LogP contribution in [-0.4, -0.2) is 165 Å². The molecule has 0 radical (unpaired) electrons. The number of anilines is 1. The highest BCUT2D eigenvalue weighted by molar-refractivity contribution is 5.87. The number of aromatic nitrogens is 4. The Morgan fingerprint density at radius 2 is 1.41 bits per heavy atom. The largest absolute Gasteiger partial charge is 0.465 e. The van der Waals surface area contributed by atoms with Crippen molar-refractivity contribution in [1.82, 2.24) is 51.0 Å². The van der Waals surface area contributed by atoms with Crippen LogP contribution in [0.15, 0.2) is 61.1 Å². The van der Waals surface area contributed by atoms with E-state index in [-0.39, 0.29) is 22.9 Å². The summed E-state index contributed by atoms with van der Waals surface area (Å²) in [4.78, 5) is 66.0. The molecule has 3 aliphatic rings. The lowest BCUT2D eigenvalue weighted by Crippen LogP contribution is -2.63. The van der Waals surface area contributed by atoms with E-state index in [0.29, 0.717) is 87.2 Å². The van der Waals surface area contributed by atoms with Gasteiger partial charge in [-0.05, 0) is 69.9 Å². The number of benzene rings is 2. The third-order valence-electron chi connectivity index (χ3n) is 14.4. The molecule has 0 unspecified atom stereocenters. The van der Waals surface area contributed by atoms with Crippen molar-refractivity contribution in [2.45, 2.75) is 115 Å². The maximum atomic E-state index is 16.1. The van der Waals surface area contributed by atoms with Gasteiger partial charge in [-0.15, -0.1) is 0 Å². The van der Waals surface area contributed by atoms with Crippen LogP contribution in [-0.2, 0) is 38.6 Å². The van der Waals surface area contributed by atoms with Crippen molar-refractivity contribution >= 4 is 29.9 Å². The fourth-order valence-electron chi connectivity index (χ4n) is 9.41. The number of carbonyl (C=O) groups excluding carboxylic acids is 3. The number of methoxy groups -OCH3 is 1. The number of hydrogen-bond donors (Lipinski definition) is 6. The van der Waals surface area contributed by atoms with Crippen molar-refractivity contribution in [1.29, 1.82) is 0 Å². The van der Waals surface area contributed by atoms with Gasteiger partial charge in [0.1, 0.15) is 30.3 Å². The summed E-state index contributed by atoms with van der Waals surface area (Å²) in [5.74, 6) is -5.58. The Balaban J connectivity index is 1.20. The first-order valence-electron chi connectivity index (χ1n) is 24.3. The van der Waals surface area contributed by atoms with Gasteiger partial charge in [-0.1, -0.05) is 24.3 Å². The number of carboxylic acid groups (broad SMARTS) is 1. The van der Waals surface area contributed by atoms with Gasteiger partial charge in [0.05, 0.1) is 55.0 Å². The van der Waals surface area contributed by atoms with Gasteiger partial charge in [-0.2, -0.15) is 31.4 Å². The first-order valence-corrected chi connectivity index (χ1v) is 24.3. The molecule has 29 heteroatoms. The van der Waals surface area contributed by atoms with Crippen LogP contribution in [0.2, 0.25) is 0 Å². The molecule has 0 spiro atoms.